The van der Waals surface area contributed by atoms with Gasteiger partial charge in [0.25, 0.3) is 11.8 Å². The number of hydrogen-bond donors (Lipinski definition) is 0. The number of rotatable bonds is 5. The van der Waals surface area contributed by atoms with E-state index in [-0.39, 0.29) is 33.1 Å². The van der Waals surface area contributed by atoms with Crippen LogP contribution in [0.1, 0.15) is 33.5 Å². The Hall–Kier alpha value is -2.94. The Morgan fingerprint density at radius 2 is 1.66 bits per heavy atom. The number of hydrogen-bond acceptors (Lipinski definition) is 4. The Bertz CT molecular complexity index is 1370. The first-order valence-electron chi connectivity index (χ1n) is 11.0. The first-order valence-corrected chi connectivity index (χ1v) is 11.3. The maximum atomic E-state index is 14.9. The molecule has 12 radical (unpaired) electrons. The first-order chi connectivity index (χ1) is 17.5. The molecular formula is C22H12B6ClF2N3O4. The second-order valence-electron chi connectivity index (χ2n) is 9.05. The second-order valence-corrected chi connectivity index (χ2v) is 9.49. The van der Waals surface area contributed by atoms with E-state index in [2.05, 4.69) is 0 Å². The molecule has 1 saturated heterocycles. The van der Waals surface area contributed by atoms with Crippen LogP contribution in [0.4, 0.5) is 8.78 Å². The van der Waals surface area contributed by atoms with E-state index in [9.17, 15) is 28.0 Å². The average molecular weight is 521 g/mol. The van der Waals surface area contributed by atoms with Crippen molar-refractivity contribution in [2.24, 2.45) is 0 Å². The van der Waals surface area contributed by atoms with Gasteiger partial charge in [-0.1, -0.05) is 35.9 Å². The van der Waals surface area contributed by atoms with Gasteiger partial charge in [-0.3, -0.25) is 19.2 Å². The molecule has 16 heteroatoms. The minimum atomic E-state index is -4.11. The van der Waals surface area contributed by atoms with Crippen LogP contribution in [0.25, 0.3) is 0 Å². The Balaban J connectivity index is 1.63. The Morgan fingerprint density at radius 3 is 2.26 bits per heavy atom. The van der Waals surface area contributed by atoms with Gasteiger partial charge < -0.3 is 14.5 Å². The smallest absolute Gasteiger partial charge is 0.348 e. The third-order valence-corrected chi connectivity index (χ3v) is 6.95. The van der Waals surface area contributed by atoms with Gasteiger partial charge in [-0.2, -0.15) is 8.78 Å². The number of carbonyl (C=O) groups excluding carboxylic acids is 4. The normalized spacial score (nSPS) is 22.0. The molecule has 0 saturated carbocycles. The van der Waals surface area contributed by atoms with Gasteiger partial charge in [-0.25, -0.2) is 0 Å². The Kier molecular flexibility index (Phi) is 6.92. The lowest BCUT2D eigenvalue weighted by molar-refractivity contribution is -0.155. The molecule has 4 rings (SSSR count). The van der Waals surface area contributed by atoms with Crippen LogP contribution in [0.3, 0.4) is 0 Å². The predicted molar refractivity (Wildman–Crippen MR) is 138 cm³/mol. The monoisotopic (exact) mass is 521 g/mol. The van der Waals surface area contributed by atoms with Crippen LogP contribution in [0.15, 0.2) is 42.5 Å². The molecule has 7 nitrogen and oxygen atoms in total. The van der Waals surface area contributed by atoms with Gasteiger partial charge in [-0.05, 0) is 40.5 Å². The minimum Gasteiger partial charge on any atom is -0.398 e. The van der Waals surface area contributed by atoms with E-state index in [0.717, 1.165) is 17.0 Å². The van der Waals surface area contributed by atoms with Crippen LogP contribution >= 0.6 is 11.6 Å². The number of benzene rings is 2. The van der Waals surface area contributed by atoms with Gasteiger partial charge in [0.2, 0.25) is 27.8 Å². The van der Waals surface area contributed by atoms with Gasteiger partial charge in [0, 0.05) is 29.1 Å². The fourth-order valence-electron chi connectivity index (χ4n) is 4.33. The molecule has 4 amide bonds. The Morgan fingerprint density at radius 1 is 1.08 bits per heavy atom. The van der Waals surface area contributed by atoms with Crippen molar-refractivity contribution in [1.82, 2.24) is 14.5 Å². The highest BCUT2D eigenvalue weighted by atomic mass is 35.5. The zero-order chi connectivity index (χ0) is 28.4. The molecule has 2 heterocycles. The standard InChI is InChI=1S/C22H12B6ClF2N3O4/c23-15-8-16(35)33(27)18(37)20(15,24)32-9-10-7-12(3-6-14(10)17(32)36)22(25,26)34(28)19(38)21(30,31)11-1-4-13(29)5-2-11/h1-7,15H,8-9H2/t15?,20-/m0/s1. The number of nitrogens with zero attached hydrogens (tertiary/aromatic N) is 3. The highest BCUT2D eigenvalue weighted by Crippen LogP contribution is 2.40. The number of piperidine rings is 1. The van der Waals surface area contributed by atoms with Gasteiger partial charge in [0.1, 0.15) is 7.85 Å². The number of carbonyl (C=O) groups is 4. The van der Waals surface area contributed by atoms with E-state index in [0.29, 0.717) is 4.81 Å². The van der Waals surface area contributed by atoms with Gasteiger partial charge in [-0.15, -0.1) is 0 Å². The van der Waals surface area contributed by atoms with Crippen LogP contribution < -0.4 is 0 Å². The summed E-state index contributed by atoms with van der Waals surface area (Å²) in [6.45, 7) is -0.296. The molecule has 178 valence electrons. The second kappa shape index (κ2) is 9.36. The number of alkyl halides is 2. The summed E-state index contributed by atoms with van der Waals surface area (Å²) in [5.41, 5.74) is -2.67. The Labute approximate surface area is 230 Å². The quantitative estimate of drug-likeness (QED) is 0.414. The maximum absolute atomic E-state index is 14.9. The zero-order valence-electron chi connectivity index (χ0n) is 19.6. The molecule has 1 unspecified atom stereocenters. The highest BCUT2D eigenvalue weighted by molar-refractivity contribution is 6.44. The molecule has 0 bridgehead atoms. The molecule has 2 aromatic carbocycles. The summed E-state index contributed by atoms with van der Waals surface area (Å²) in [5.74, 6) is -9.85. The van der Waals surface area contributed by atoms with Crippen molar-refractivity contribution >= 4 is 82.6 Å². The third kappa shape index (κ3) is 4.19. The summed E-state index contributed by atoms with van der Waals surface area (Å²) in [6.07, 6.45) is -0.398. The van der Waals surface area contributed by atoms with Crippen molar-refractivity contribution in [3.63, 3.8) is 0 Å². The van der Waals surface area contributed by atoms with Crippen LogP contribution in [0.2, 0.25) is 10.8 Å². The summed E-state index contributed by atoms with van der Waals surface area (Å²) in [6, 6.07) is 7.97. The average Bonchev–Trinajstić information content (AvgIpc) is 3.21. The molecule has 0 aliphatic carbocycles. The molecule has 2 aromatic rings. The molecule has 0 aromatic heterocycles. The van der Waals surface area contributed by atoms with Crippen molar-refractivity contribution in [3.05, 3.63) is 69.7 Å². The van der Waals surface area contributed by atoms with Crippen LogP contribution in [0, 0.1) is 0 Å². The minimum absolute atomic E-state index is 0.0131. The third-order valence-electron chi connectivity index (χ3n) is 6.70. The van der Waals surface area contributed by atoms with Crippen LogP contribution in [-0.2, 0) is 32.2 Å². The van der Waals surface area contributed by atoms with E-state index >= 15 is 0 Å². The lowest BCUT2D eigenvalue weighted by Crippen LogP contribution is -2.66. The number of amides is 4. The van der Waals surface area contributed by atoms with E-state index in [1.807, 2.05) is 0 Å². The lowest BCUT2D eigenvalue weighted by Gasteiger charge is -2.48. The van der Waals surface area contributed by atoms with Gasteiger partial charge >= 0.3 is 5.92 Å². The molecule has 2 atom stereocenters. The SMILES string of the molecule is [B]C1CC(=O)N([B])C(=O)[C@@]1([B])N1Cc2cc(C([B])([B])N([B])C(=O)C(F)(F)c3ccc(Cl)cc3)ccc2C1=O. The molecule has 2 aliphatic heterocycles. The van der Waals surface area contributed by atoms with E-state index in [1.165, 1.54) is 30.3 Å². The van der Waals surface area contributed by atoms with E-state index < -0.39 is 58.1 Å². The largest absolute Gasteiger partial charge is 0.398 e. The molecule has 1 fully saturated rings. The van der Waals surface area contributed by atoms with Crippen LogP contribution in [0.5, 0.6) is 0 Å². The maximum Gasteiger partial charge on any atom is 0.348 e. The summed E-state index contributed by atoms with van der Waals surface area (Å²) >= 11 is 5.72. The first kappa shape index (κ1) is 28.1. The van der Waals surface area contributed by atoms with Crippen molar-refractivity contribution in [1.29, 1.82) is 0 Å². The lowest BCUT2D eigenvalue weighted by atomic mass is 9.55. The summed E-state index contributed by atoms with van der Waals surface area (Å²) in [4.78, 5) is 51.7. The molecule has 0 N–H and O–H groups in total. The molecular weight excluding hydrogens is 509 g/mol. The number of fused-ring (bicyclic) bond motifs is 1. The van der Waals surface area contributed by atoms with Crippen molar-refractivity contribution < 1.29 is 28.0 Å². The molecule has 38 heavy (non-hydrogen) atoms. The fourth-order valence-corrected chi connectivity index (χ4v) is 4.46. The predicted octanol–water partition coefficient (Wildman–Crippen LogP) is 0.111. The summed E-state index contributed by atoms with van der Waals surface area (Å²) in [7, 11) is 35.5. The van der Waals surface area contributed by atoms with Crippen molar-refractivity contribution in [2.75, 3.05) is 0 Å². The summed E-state index contributed by atoms with van der Waals surface area (Å²) < 4.78 is 29.8. The summed E-state index contributed by atoms with van der Waals surface area (Å²) in [5, 5.41) is -2.28. The molecule has 0 spiro atoms. The highest BCUT2D eigenvalue weighted by Gasteiger charge is 2.53. The van der Waals surface area contributed by atoms with Crippen molar-refractivity contribution in [2.45, 2.75) is 35.5 Å². The van der Waals surface area contributed by atoms with E-state index in [4.69, 9.17) is 58.9 Å². The number of imide groups is 1. The topological polar surface area (TPSA) is 78.0 Å². The van der Waals surface area contributed by atoms with Crippen LogP contribution in [-0.4, -0.2) is 90.9 Å². The van der Waals surface area contributed by atoms with Crippen molar-refractivity contribution in [3.8, 4) is 0 Å². The molecule has 2 aliphatic rings. The number of halogens is 3. The van der Waals surface area contributed by atoms with Gasteiger partial charge in [0.15, 0.2) is 0 Å². The fraction of sp³-hybridized carbons (Fsp3) is 0.273. The van der Waals surface area contributed by atoms with Gasteiger partial charge in [0.05, 0.1) is 29.0 Å². The van der Waals surface area contributed by atoms with E-state index in [1.54, 1.807) is 0 Å². The zero-order valence-corrected chi connectivity index (χ0v) is 20.4.